The van der Waals surface area contributed by atoms with Gasteiger partial charge in [0.2, 0.25) is 0 Å². The Hall–Kier alpha value is -2.22. The van der Waals surface area contributed by atoms with Gasteiger partial charge in [-0.25, -0.2) is 13.2 Å². The van der Waals surface area contributed by atoms with E-state index in [-0.39, 0.29) is 17.6 Å². The van der Waals surface area contributed by atoms with Gasteiger partial charge in [-0.05, 0) is 79.7 Å². The van der Waals surface area contributed by atoms with Crippen molar-refractivity contribution >= 4 is 16.1 Å². The van der Waals surface area contributed by atoms with E-state index in [0.717, 1.165) is 38.2 Å². The Morgan fingerprint density at radius 3 is 2.32 bits per heavy atom. The molecule has 4 fully saturated rings. The van der Waals surface area contributed by atoms with Crippen molar-refractivity contribution in [1.29, 1.82) is 0 Å². The molecule has 2 unspecified atom stereocenters. The lowest BCUT2D eigenvalue weighted by Gasteiger charge is -2.59. The predicted octanol–water partition coefficient (Wildman–Crippen LogP) is 3.75. The van der Waals surface area contributed by atoms with Crippen LogP contribution >= 0.6 is 0 Å². The van der Waals surface area contributed by atoms with Crippen LogP contribution in [0.15, 0.2) is 53.4 Å². The zero-order chi connectivity index (χ0) is 21.9. The van der Waals surface area contributed by atoms with Crippen LogP contribution in [0.2, 0.25) is 0 Å². The summed E-state index contributed by atoms with van der Waals surface area (Å²) in [7, 11) is -4.74. The van der Waals surface area contributed by atoms with Gasteiger partial charge in [0.05, 0.1) is 22.7 Å². The minimum atomic E-state index is -4.74. The Balaban J connectivity index is 1.40. The largest absolute Gasteiger partial charge is 0.744 e. The highest BCUT2D eigenvalue weighted by molar-refractivity contribution is 7.85. The van der Waals surface area contributed by atoms with Crippen LogP contribution in [0.5, 0.6) is 0 Å². The highest BCUT2D eigenvalue weighted by atomic mass is 32.2. The van der Waals surface area contributed by atoms with Gasteiger partial charge in [0.1, 0.15) is 10.1 Å². The number of hydrogen-bond donors (Lipinski definition) is 1. The Kier molecular flexibility index (Phi) is 4.77. The number of rotatable bonds is 5. The molecule has 4 bridgehead atoms. The van der Waals surface area contributed by atoms with Crippen LogP contribution in [0.1, 0.15) is 48.9 Å². The van der Waals surface area contributed by atoms with Gasteiger partial charge in [0, 0.05) is 5.41 Å². The molecule has 2 atom stereocenters. The molecule has 4 aliphatic carbocycles. The minimum Gasteiger partial charge on any atom is -0.744 e. The summed E-state index contributed by atoms with van der Waals surface area (Å²) in [5.41, 5.74) is 0.352. The topological polar surface area (TPSA) is 104 Å². The fraction of sp³-hybridized carbons (Fsp3) is 0.458. The molecule has 6 nitrogen and oxygen atoms in total. The second-order valence-electron chi connectivity index (χ2n) is 9.83. The van der Waals surface area contributed by atoms with Crippen molar-refractivity contribution in [2.24, 2.45) is 17.3 Å². The molecule has 1 N–H and O–H groups in total. The molecule has 4 aliphatic rings. The monoisotopic (exact) mass is 441 g/mol. The molecule has 2 aromatic rings. The molecule has 4 saturated carbocycles. The third-order valence-electron chi connectivity index (χ3n) is 7.20. The van der Waals surface area contributed by atoms with Gasteiger partial charge in [0.25, 0.3) is 0 Å². The standard InChI is InChI=1S/C24H26O6S/c25-22(30-15-23-10-16-6-17(11-23)13-24(26,12-16)14-23)20-7-19(18-4-2-1-3-5-18)8-21(9-20)31(27,28)29/h1-5,7-9,16-17,26H,6,10-15H2,(H,27,28,29)/p-1. The maximum absolute atomic E-state index is 12.9. The van der Waals surface area contributed by atoms with Gasteiger partial charge in [-0.2, -0.15) is 0 Å². The molecule has 0 radical (unpaired) electrons. The van der Waals surface area contributed by atoms with Crippen molar-refractivity contribution in [2.75, 3.05) is 6.61 Å². The van der Waals surface area contributed by atoms with E-state index in [1.54, 1.807) is 30.3 Å². The summed E-state index contributed by atoms with van der Waals surface area (Å²) in [6, 6.07) is 12.9. The van der Waals surface area contributed by atoms with E-state index in [9.17, 15) is 22.9 Å². The molecule has 0 saturated heterocycles. The fourth-order valence-corrected chi connectivity index (χ4v) is 7.07. The molecule has 0 aromatic heterocycles. The zero-order valence-electron chi connectivity index (χ0n) is 17.1. The molecule has 6 rings (SSSR count). The molecular formula is C24H25O6S-. The first-order valence-electron chi connectivity index (χ1n) is 10.7. The van der Waals surface area contributed by atoms with Crippen molar-refractivity contribution < 1.29 is 27.6 Å². The highest BCUT2D eigenvalue weighted by Gasteiger charge is 2.57. The number of hydrogen-bond acceptors (Lipinski definition) is 6. The lowest BCUT2D eigenvalue weighted by molar-refractivity contribution is -0.175. The van der Waals surface area contributed by atoms with Crippen LogP contribution < -0.4 is 0 Å². The molecule has 31 heavy (non-hydrogen) atoms. The summed E-state index contributed by atoms with van der Waals surface area (Å²) in [5.74, 6) is 0.303. The molecule has 2 aromatic carbocycles. The Morgan fingerprint density at radius 1 is 1.03 bits per heavy atom. The Bertz CT molecular complexity index is 1110. The van der Waals surface area contributed by atoms with Crippen LogP contribution in [-0.4, -0.2) is 36.3 Å². The SMILES string of the molecule is O=C(OCC12CC3CC(CC(O)(C3)C1)C2)c1cc(-c2ccccc2)cc(S(=O)(=O)[O-])c1. The van der Waals surface area contributed by atoms with Crippen molar-refractivity contribution in [1.82, 2.24) is 0 Å². The van der Waals surface area contributed by atoms with Gasteiger partial charge in [-0.1, -0.05) is 30.3 Å². The summed E-state index contributed by atoms with van der Waals surface area (Å²) in [4.78, 5) is 12.4. The van der Waals surface area contributed by atoms with E-state index in [2.05, 4.69) is 0 Å². The predicted molar refractivity (Wildman–Crippen MR) is 112 cm³/mol. The third-order valence-corrected chi connectivity index (χ3v) is 8.01. The quantitative estimate of drug-likeness (QED) is 0.560. The zero-order valence-corrected chi connectivity index (χ0v) is 17.9. The minimum absolute atomic E-state index is 0.0409. The molecule has 0 aliphatic heterocycles. The smallest absolute Gasteiger partial charge is 0.338 e. The van der Waals surface area contributed by atoms with E-state index >= 15 is 0 Å². The van der Waals surface area contributed by atoms with E-state index in [1.165, 1.54) is 6.07 Å². The van der Waals surface area contributed by atoms with Crippen molar-refractivity contribution in [3.05, 3.63) is 54.1 Å². The summed E-state index contributed by atoms with van der Waals surface area (Å²) >= 11 is 0. The van der Waals surface area contributed by atoms with Crippen LogP contribution in [-0.2, 0) is 14.9 Å². The van der Waals surface area contributed by atoms with Crippen LogP contribution in [0.3, 0.4) is 0 Å². The number of ether oxygens (including phenoxy) is 1. The second-order valence-corrected chi connectivity index (χ2v) is 11.2. The molecule has 7 heteroatoms. The maximum atomic E-state index is 12.9. The number of carbonyl (C=O) groups is 1. The van der Waals surface area contributed by atoms with Crippen LogP contribution in [0, 0.1) is 17.3 Å². The summed E-state index contributed by atoms with van der Waals surface area (Å²) < 4.78 is 40.7. The van der Waals surface area contributed by atoms with Crippen LogP contribution in [0.4, 0.5) is 0 Å². The highest BCUT2D eigenvalue weighted by Crippen LogP contribution is 2.61. The molecule has 0 spiro atoms. The van der Waals surface area contributed by atoms with Crippen molar-refractivity contribution in [2.45, 2.75) is 49.0 Å². The molecule has 0 amide bonds. The molecule has 0 heterocycles. The number of aliphatic hydroxyl groups is 1. The second kappa shape index (κ2) is 7.15. The Morgan fingerprint density at radius 2 is 1.71 bits per heavy atom. The first-order chi connectivity index (χ1) is 14.6. The average molecular weight is 442 g/mol. The summed E-state index contributed by atoms with van der Waals surface area (Å²) in [6.07, 6.45) is 5.35. The van der Waals surface area contributed by atoms with E-state index in [1.807, 2.05) is 6.07 Å². The van der Waals surface area contributed by atoms with E-state index in [4.69, 9.17) is 4.74 Å². The lowest BCUT2D eigenvalue weighted by Crippen LogP contribution is -2.57. The van der Waals surface area contributed by atoms with E-state index < -0.39 is 26.6 Å². The third kappa shape index (κ3) is 4.02. The summed E-state index contributed by atoms with van der Waals surface area (Å²) in [5, 5.41) is 10.9. The first-order valence-corrected chi connectivity index (χ1v) is 12.1. The van der Waals surface area contributed by atoms with Gasteiger partial charge in [-0.3, -0.25) is 0 Å². The molecule has 164 valence electrons. The van der Waals surface area contributed by atoms with Crippen molar-refractivity contribution in [3.8, 4) is 11.1 Å². The van der Waals surface area contributed by atoms with Gasteiger partial charge in [-0.15, -0.1) is 0 Å². The molecular weight excluding hydrogens is 416 g/mol. The number of benzene rings is 2. The van der Waals surface area contributed by atoms with Gasteiger partial charge >= 0.3 is 5.97 Å². The fourth-order valence-electron chi connectivity index (χ4n) is 6.53. The van der Waals surface area contributed by atoms with Gasteiger partial charge < -0.3 is 14.4 Å². The first kappa shape index (κ1) is 20.7. The van der Waals surface area contributed by atoms with Gasteiger partial charge in [0.15, 0.2) is 0 Å². The maximum Gasteiger partial charge on any atom is 0.338 e. The average Bonchev–Trinajstić information content (AvgIpc) is 2.70. The lowest BCUT2D eigenvalue weighted by atomic mass is 9.48. The number of carbonyl (C=O) groups excluding carboxylic acids is 1. The Labute approximate surface area is 182 Å². The normalized spacial score (nSPS) is 31.5. The van der Waals surface area contributed by atoms with Crippen molar-refractivity contribution in [3.63, 3.8) is 0 Å². The van der Waals surface area contributed by atoms with E-state index in [0.29, 0.717) is 29.4 Å². The number of esters is 1. The van der Waals surface area contributed by atoms with Crippen LogP contribution in [0.25, 0.3) is 11.1 Å². The summed E-state index contributed by atoms with van der Waals surface area (Å²) in [6.45, 7) is 0.205.